The number of pyridine rings is 1. The first-order chi connectivity index (χ1) is 14.2. The minimum absolute atomic E-state index is 0. The fraction of sp³-hybridized carbons (Fsp3) is 0.286. The molecule has 1 aromatic carbocycles. The lowest BCUT2D eigenvalue weighted by Gasteiger charge is -2.20. The summed E-state index contributed by atoms with van der Waals surface area (Å²) in [6, 6.07) is 14.2. The lowest BCUT2D eigenvalue weighted by atomic mass is 10.2. The first kappa shape index (κ1) is 22.8. The second-order valence-electron chi connectivity index (χ2n) is 6.80. The van der Waals surface area contributed by atoms with E-state index in [0.717, 1.165) is 47.6 Å². The maximum absolute atomic E-state index is 6.28. The summed E-state index contributed by atoms with van der Waals surface area (Å²) in [5.74, 6) is 1.62. The van der Waals surface area contributed by atoms with Crippen LogP contribution < -0.4 is 15.5 Å². The number of rotatable bonds is 5. The van der Waals surface area contributed by atoms with E-state index in [2.05, 4.69) is 43.0 Å². The van der Waals surface area contributed by atoms with Gasteiger partial charge in [-0.3, -0.25) is 4.99 Å². The van der Waals surface area contributed by atoms with Crippen molar-refractivity contribution in [3.05, 3.63) is 64.1 Å². The van der Waals surface area contributed by atoms with Gasteiger partial charge in [-0.1, -0.05) is 41.9 Å². The number of halogens is 2. The van der Waals surface area contributed by atoms with Crippen LogP contribution in [0.25, 0.3) is 11.3 Å². The van der Waals surface area contributed by atoms with Crippen LogP contribution in [-0.4, -0.2) is 42.1 Å². The Kier molecular flexibility index (Phi) is 8.29. The molecule has 0 amide bonds. The Labute approximate surface area is 202 Å². The van der Waals surface area contributed by atoms with E-state index in [1.807, 2.05) is 30.3 Å². The quantitative estimate of drug-likeness (QED) is 0.278. The Morgan fingerprint density at radius 2 is 2.10 bits per heavy atom. The van der Waals surface area contributed by atoms with Crippen LogP contribution >= 0.6 is 46.9 Å². The fourth-order valence-corrected chi connectivity index (χ4v) is 4.35. The number of hydrogen-bond acceptors (Lipinski definition) is 5. The zero-order valence-corrected chi connectivity index (χ0v) is 20.5. The van der Waals surface area contributed by atoms with Crippen molar-refractivity contribution in [1.82, 2.24) is 20.6 Å². The van der Waals surface area contributed by atoms with Crippen LogP contribution in [0.4, 0.5) is 5.82 Å². The zero-order chi connectivity index (χ0) is 20.1. The number of aromatic nitrogens is 2. The van der Waals surface area contributed by atoms with Crippen molar-refractivity contribution in [3.8, 4) is 11.3 Å². The molecule has 1 unspecified atom stereocenters. The summed E-state index contributed by atoms with van der Waals surface area (Å²) in [5, 5.41) is 10.7. The van der Waals surface area contributed by atoms with Crippen molar-refractivity contribution in [1.29, 1.82) is 0 Å². The number of benzene rings is 1. The molecular formula is C21H24ClIN6S. The van der Waals surface area contributed by atoms with Crippen molar-refractivity contribution >= 4 is 58.7 Å². The molecule has 4 rings (SSSR count). The zero-order valence-electron chi connectivity index (χ0n) is 16.6. The van der Waals surface area contributed by atoms with Crippen molar-refractivity contribution in [2.75, 3.05) is 25.0 Å². The Balaban J connectivity index is 0.00000256. The van der Waals surface area contributed by atoms with Gasteiger partial charge in [-0.15, -0.1) is 35.3 Å². The Morgan fingerprint density at radius 3 is 2.87 bits per heavy atom. The average molecular weight is 555 g/mol. The number of nitrogens with one attached hydrogen (secondary N) is 2. The fourth-order valence-electron chi connectivity index (χ4n) is 3.36. The molecule has 1 aliphatic heterocycles. The normalized spacial score (nSPS) is 16.3. The van der Waals surface area contributed by atoms with Crippen LogP contribution in [-0.2, 0) is 6.54 Å². The number of anilines is 1. The number of thiazole rings is 1. The molecule has 158 valence electrons. The number of nitrogens with zero attached hydrogens (tertiary/aromatic N) is 4. The number of aliphatic imine (C=N–C) groups is 1. The molecule has 2 N–H and O–H groups in total. The first-order valence-corrected chi connectivity index (χ1v) is 10.8. The molecule has 0 saturated carbocycles. The van der Waals surface area contributed by atoms with Crippen LogP contribution in [0.1, 0.15) is 11.4 Å². The van der Waals surface area contributed by atoms with Gasteiger partial charge in [0.2, 0.25) is 0 Å². The van der Waals surface area contributed by atoms with Gasteiger partial charge < -0.3 is 15.5 Å². The molecule has 1 aliphatic rings. The van der Waals surface area contributed by atoms with E-state index in [0.29, 0.717) is 11.6 Å². The summed E-state index contributed by atoms with van der Waals surface area (Å²) in [5.41, 5.74) is 2.14. The summed E-state index contributed by atoms with van der Waals surface area (Å²) in [6.45, 7) is 2.39. The third-order valence-corrected chi connectivity index (χ3v) is 5.96. The van der Waals surface area contributed by atoms with Crippen LogP contribution in [0.15, 0.2) is 59.0 Å². The summed E-state index contributed by atoms with van der Waals surface area (Å²) >= 11 is 7.93. The third-order valence-electron chi connectivity index (χ3n) is 4.82. The van der Waals surface area contributed by atoms with E-state index < -0.39 is 0 Å². The van der Waals surface area contributed by atoms with Crippen molar-refractivity contribution in [2.24, 2.45) is 4.99 Å². The minimum Gasteiger partial charge on any atom is -0.353 e. The van der Waals surface area contributed by atoms with E-state index in [1.165, 1.54) is 0 Å². The summed E-state index contributed by atoms with van der Waals surface area (Å²) in [7, 11) is 1.79. The van der Waals surface area contributed by atoms with Gasteiger partial charge in [-0.2, -0.15) is 0 Å². The molecule has 0 bridgehead atoms. The standard InChI is InChI=1S/C21H23ClN6S.HI/c1-23-21(25-12-19-27-18(14-29-19)15-6-3-2-4-7-15)26-16-9-11-28(13-16)20-17(22)8-5-10-24-20;/h2-8,10,14,16H,9,11-13H2,1H3,(H2,23,25,26);1H. The van der Waals surface area contributed by atoms with Crippen LogP contribution in [0.5, 0.6) is 0 Å². The topological polar surface area (TPSA) is 65.4 Å². The van der Waals surface area contributed by atoms with Gasteiger partial charge in [0, 0.05) is 43.3 Å². The second kappa shape index (κ2) is 10.9. The van der Waals surface area contributed by atoms with E-state index in [9.17, 15) is 0 Å². The highest BCUT2D eigenvalue weighted by Crippen LogP contribution is 2.26. The molecule has 3 heterocycles. The highest BCUT2D eigenvalue weighted by molar-refractivity contribution is 14.0. The number of hydrogen-bond donors (Lipinski definition) is 2. The first-order valence-electron chi connectivity index (χ1n) is 9.55. The molecule has 1 saturated heterocycles. The highest BCUT2D eigenvalue weighted by atomic mass is 127. The Bertz CT molecular complexity index is 980. The van der Waals surface area contributed by atoms with Crippen LogP contribution in [0.3, 0.4) is 0 Å². The maximum Gasteiger partial charge on any atom is 0.191 e. The molecule has 1 atom stereocenters. The van der Waals surface area contributed by atoms with Crippen molar-refractivity contribution in [3.63, 3.8) is 0 Å². The van der Waals surface area contributed by atoms with Crippen molar-refractivity contribution < 1.29 is 0 Å². The smallest absolute Gasteiger partial charge is 0.191 e. The second-order valence-corrected chi connectivity index (χ2v) is 8.15. The Morgan fingerprint density at radius 1 is 1.27 bits per heavy atom. The Hall–Kier alpha value is -1.91. The van der Waals surface area contributed by atoms with Crippen molar-refractivity contribution in [2.45, 2.75) is 19.0 Å². The molecular weight excluding hydrogens is 531 g/mol. The van der Waals surface area contributed by atoms with Gasteiger partial charge >= 0.3 is 0 Å². The molecule has 30 heavy (non-hydrogen) atoms. The monoisotopic (exact) mass is 554 g/mol. The van der Waals surface area contributed by atoms with Crippen LogP contribution in [0.2, 0.25) is 5.02 Å². The van der Waals surface area contributed by atoms with Gasteiger partial charge in [-0.05, 0) is 18.6 Å². The molecule has 9 heteroatoms. The largest absolute Gasteiger partial charge is 0.353 e. The van der Waals surface area contributed by atoms with Gasteiger partial charge in [-0.25, -0.2) is 9.97 Å². The molecule has 0 spiro atoms. The van der Waals surface area contributed by atoms with Gasteiger partial charge in [0.05, 0.1) is 17.3 Å². The SMILES string of the molecule is CN=C(NCc1nc(-c2ccccc2)cs1)NC1CCN(c2ncccc2Cl)C1.I. The molecule has 6 nitrogen and oxygen atoms in total. The minimum atomic E-state index is 0. The predicted octanol–water partition coefficient (Wildman–Crippen LogP) is 4.42. The lowest BCUT2D eigenvalue weighted by Crippen LogP contribution is -2.44. The summed E-state index contributed by atoms with van der Waals surface area (Å²) in [4.78, 5) is 15.7. The van der Waals surface area contributed by atoms with Gasteiger partial charge in [0.25, 0.3) is 0 Å². The molecule has 3 aromatic rings. The highest BCUT2D eigenvalue weighted by Gasteiger charge is 2.25. The van der Waals surface area contributed by atoms with E-state index in [4.69, 9.17) is 16.6 Å². The predicted molar refractivity (Wildman–Crippen MR) is 136 cm³/mol. The lowest BCUT2D eigenvalue weighted by molar-refractivity contribution is 0.648. The third kappa shape index (κ3) is 5.61. The van der Waals surface area contributed by atoms with E-state index in [1.54, 1.807) is 24.6 Å². The van der Waals surface area contributed by atoms with Crippen LogP contribution in [0, 0.1) is 0 Å². The molecule has 0 aliphatic carbocycles. The van der Waals surface area contributed by atoms with E-state index >= 15 is 0 Å². The van der Waals surface area contributed by atoms with E-state index in [-0.39, 0.29) is 30.0 Å². The summed E-state index contributed by atoms with van der Waals surface area (Å²) < 4.78 is 0. The van der Waals surface area contributed by atoms with Gasteiger partial charge in [0.15, 0.2) is 5.96 Å². The molecule has 0 radical (unpaired) electrons. The maximum atomic E-state index is 6.28. The average Bonchev–Trinajstić information content (AvgIpc) is 3.42. The van der Waals surface area contributed by atoms with Gasteiger partial charge in [0.1, 0.15) is 10.8 Å². The number of guanidine groups is 1. The summed E-state index contributed by atoms with van der Waals surface area (Å²) in [6.07, 6.45) is 2.78. The molecule has 1 fully saturated rings. The molecule has 2 aromatic heterocycles.